The summed E-state index contributed by atoms with van der Waals surface area (Å²) in [6.45, 7) is 4.23. The van der Waals surface area contributed by atoms with Crippen LogP contribution in [0.1, 0.15) is 37.0 Å². The van der Waals surface area contributed by atoms with Gasteiger partial charge in [0.25, 0.3) is 0 Å². The Labute approximate surface area is 122 Å². The van der Waals surface area contributed by atoms with Crippen LogP contribution in [-0.4, -0.2) is 30.7 Å². The normalized spacial score (nSPS) is 27.2. The Balaban J connectivity index is 1.86. The maximum absolute atomic E-state index is 12.0. The second-order valence-corrected chi connectivity index (χ2v) is 6.01. The predicted octanol–water partition coefficient (Wildman–Crippen LogP) is 3.60. The lowest BCUT2D eigenvalue weighted by Crippen LogP contribution is -2.35. The first-order valence-corrected chi connectivity index (χ1v) is 7.39. The number of carbonyl (C=O) groups excluding carboxylic acids is 1. The molecule has 104 valence electrons. The lowest BCUT2D eigenvalue weighted by molar-refractivity contribution is -0.0975. The van der Waals surface area contributed by atoms with Gasteiger partial charge in [0.2, 0.25) is 0 Å². The van der Waals surface area contributed by atoms with Crippen molar-refractivity contribution in [2.24, 2.45) is 0 Å². The monoisotopic (exact) mass is 326 g/mol. The maximum Gasteiger partial charge on any atom is 0.188 e. The van der Waals surface area contributed by atoms with Crippen LogP contribution in [0.25, 0.3) is 0 Å². The Morgan fingerprint density at radius 2 is 2.05 bits per heavy atom. The Kier molecular flexibility index (Phi) is 5.13. The van der Waals surface area contributed by atoms with Gasteiger partial charge >= 0.3 is 0 Å². The molecule has 2 unspecified atom stereocenters. The van der Waals surface area contributed by atoms with Crippen LogP contribution in [0.2, 0.25) is 0 Å². The van der Waals surface area contributed by atoms with Gasteiger partial charge in [0.05, 0.1) is 18.3 Å². The summed E-state index contributed by atoms with van der Waals surface area (Å²) in [4.78, 5) is 12.0. The highest BCUT2D eigenvalue weighted by molar-refractivity contribution is 9.10. The Morgan fingerprint density at radius 3 is 2.68 bits per heavy atom. The summed E-state index contributed by atoms with van der Waals surface area (Å²) >= 11 is 3.36. The topological polar surface area (TPSA) is 35.5 Å². The van der Waals surface area contributed by atoms with Crippen LogP contribution in [0.3, 0.4) is 0 Å². The van der Waals surface area contributed by atoms with E-state index in [0.717, 1.165) is 17.3 Å². The molecule has 19 heavy (non-hydrogen) atoms. The minimum Gasteiger partial charge on any atom is -0.375 e. The van der Waals surface area contributed by atoms with Gasteiger partial charge in [-0.15, -0.1) is 0 Å². The average molecular weight is 327 g/mol. The van der Waals surface area contributed by atoms with Crippen LogP contribution < -0.4 is 0 Å². The van der Waals surface area contributed by atoms with Crippen molar-refractivity contribution in [3.05, 3.63) is 34.3 Å². The third kappa shape index (κ3) is 4.41. The van der Waals surface area contributed by atoms with E-state index in [4.69, 9.17) is 9.47 Å². The van der Waals surface area contributed by atoms with Gasteiger partial charge in [0.1, 0.15) is 6.61 Å². The molecule has 1 heterocycles. The molecule has 1 aromatic rings. The number of carbonyl (C=O) groups is 1. The predicted molar refractivity (Wildman–Crippen MR) is 77.5 cm³/mol. The molecule has 0 radical (unpaired) electrons. The number of ketones is 1. The van der Waals surface area contributed by atoms with Crippen molar-refractivity contribution in [1.29, 1.82) is 0 Å². The summed E-state index contributed by atoms with van der Waals surface area (Å²) in [5, 5.41) is 0. The highest BCUT2D eigenvalue weighted by atomic mass is 79.9. The summed E-state index contributed by atoms with van der Waals surface area (Å²) in [5.41, 5.74) is 0.683. The summed E-state index contributed by atoms with van der Waals surface area (Å²) in [6, 6.07) is 7.39. The fourth-order valence-corrected chi connectivity index (χ4v) is 2.82. The van der Waals surface area contributed by atoms with Gasteiger partial charge in [0, 0.05) is 10.0 Å². The molecular formula is C15H19BrO3. The van der Waals surface area contributed by atoms with Gasteiger partial charge in [-0.3, -0.25) is 4.79 Å². The molecule has 1 aliphatic heterocycles. The molecule has 2 rings (SSSR count). The van der Waals surface area contributed by atoms with Crippen molar-refractivity contribution >= 4 is 21.7 Å². The van der Waals surface area contributed by atoms with E-state index < -0.39 is 0 Å². The van der Waals surface area contributed by atoms with Gasteiger partial charge in [-0.2, -0.15) is 0 Å². The van der Waals surface area contributed by atoms with Crippen LogP contribution in [0, 0.1) is 0 Å². The summed E-state index contributed by atoms with van der Waals surface area (Å²) in [5.74, 6) is 0.0214. The van der Waals surface area contributed by atoms with Crippen molar-refractivity contribution in [2.75, 3.05) is 6.61 Å². The highest BCUT2D eigenvalue weighted by Crippen LogP contribution is 2.22. The van der Waals surface area contributed by atoms with E-state index in [9.17, 15) is 4.79 Å². The van der Waals surface area contributed by atoms with E-state index in [0.29, 0.717) is 5.56 Å². The second-order valence-electron chi connectivity index (χ2n) is 5.10. The fraction of sp³-hybridized carbons (Fsp3) is 0.533. The quantitative estimate of drug-likeness (QED) is 0.793. The molecule has 4 heteroatoms. The minimum absolute atomic E-state index is 0.0214. The average Bonchev–Trinajstić information content (AvgIpc) is 2.35. The minimum atomic E-state index is 0.0214. The molecule has 0 aromatic heterocycles. The Hall–Kier alpha value is -0.710. The van der Waals surface area contributed by atoms with Crippen LogP contribution in [0.4, 0.5) is 0 Å². The van der Waals surface area contributed by atoms with Gasteiger partial charge in [-0.25, -0.2) is 0 Å². The van der Waals surface area contributed by atoms with E-state index in [1.54, 1.807) is 0 Å². The molecule has 0 bridgehead atoms. The molecule has 1 fully saturated rings. The number of Topliss-reactive ketones (excluding diaryl/α,β-unsaturated/α-hetero) is 1. The lowest BCUT2D eigenvalue weighted by atomic mass is 10.0. The molecule has 0 saturated carbocycles. The van der Waals surface area contributed by atoms with Gasteiger partial charge < -0.3 is 9.47 Å². The Bertz CT molecular complexity index is 437. The highest BCUT2D eigenvalue weighted by Gasteiger charge is 2.25. The lowest BCUT2D eigenvalue weighted by Gasteiger charge is -2.31. The number of hydrogen-bond acceptors (Lipinski definition) is 3. The zero-order chi connectivity index (χ0) is 13.8. The number of rotatable bonds is 4. The fourth-order valence-electron chi connectivity index (χ4n) is 2.42. The third-order valence-corrected chi connectivity index (χ3v) is 3.74. The summed E-state index contributed by atoms with van der Waals surface area (Å²) in [7, 11) is 0. The number of ether oxygens (including phenoxy) is 2. The van der Waals surface area contributed by atoms with Crippen molar-refractivity contribution in [1.82, 2.24) is 0 Å². The van der Waals surface area contributed by atoms with Gasteiger partial charge in [-0.05, 0) is 38.8 Å². The third-order valence-electron chi connectivity index (χ3n) is 3.25. The van der Waals surface area contributed by atoms with Crippen LogP contribution >= 0.6 is 15.9 Å². The zero-order valence-electron chi connectivity index (χ0n) is 11.3. The van der Waals surface area contributed by atoms with Crippen molar-refractivity contribution in [2.45, 2.75) is 45.0 Å². The van der Waals surface area contributed by atoms with Crippen LogP contribution in [0.5, 0.6) is 0 Å². The van der Waals surface area contributed by atoms with Crippen LogP contribution in [-0.2, 0) is 9.47 Å². The Morgan fingerprint density at radius 1 is 1.37 bits per heavy atom. The molecule has 0 N–H and O–H groups in total. The van der Waals surface area contributed by atoms with E-state index in [-0.39, 0.29) is 30.7 Å². The number of halogens is 1. The standard InChI is InChI=1S/C15H19BrO3/c1-10-6-14(7-11(2)19-10)18-9-15(17)12-4-3-5-13(16)8-12/h3-5,8,10-11,14H,6-7,9H2,1-2H3. The smallest absolute Gasteiger partial charge is 0.188 e. The maximum atomic E-state index is 12.0. The molecular weight excluding hydrogens is 308 g/mol. The van der Waals surface area contributed by atoms with Gasteiger partial charge in [-0.1, -0.05) is 28.1 Å². The molecule has 2 atom stereocenters. The van der Waals surface area contributed by atoms with Crippen molar-refractivity contribution in [3.63, 3.8) is 0 Å². The van der Waals surface area contributed by atoms with Gasteiger partial charge in [0.15, 0.2) is 5.78 Å². The first-order valence-electron chi connectivity index (χ1n) is 6.60. The largest absolute Gasteiger partial charge is 0.375 e. The first-order chi connectivity index (χ1) is 9.04. The summed E-state index contributed by atoms with van der Waals surface area (Å²) in [6.07, 6.45) is 2.24. The molecule has 1 aromatic carbocycles. The molecule has 0 spiro atoms. The first kappa shape index (κ1) is 14.7. The molecule has 0 aliphatic carbocycles. The molecule has 1 aliphatic rings. The van der Waals surface area contributed by atoms with E-state index >= 15 is 0 Å². The number of benzene rings is 1. The molecule has 0 amide bonds. The van der Waals surface area contributed by atoms with Crippen molar-refractivity contribution in [3.8, 4) is 0 Å². The zero-order valence-corrected chi connectivity index (χ0v) is 12.9. The summed E-state index contributed by atoms with van der Waals surface area (Å²) < 4.78 is 12.3. The van der Waals surface area contributed by atoms with E-state index in [1.165, 1.54) is 0 Å². The second kappa shape index (κ2) is 6.64. The molecule has 3 nitrogen and oxygen atoms in total. The van der Waals surface area contributed by atoms with E-state index in [1.807, 2.05) is 38.1 Å². The van der Waals surface area contributed by atoms with Crippen LogP contribution in [0.15, 0.2) is 28.7 Å². The SMILES string of the molecule is CC1CC(OCC(=O)c2cccc(Br)c2)CC(C)O1. The number of hydrogen-bond donors (Lipinski definition) is 0. The molecule has 1 saturated heterocycles. The van der Waals surface area contributed by atoms with Crippen molar-refractivity contribution < 1.29 is 14.3 Å². The van der Waals surface area contributed by atoms with E-state index in [2.05, 4.69) is 15.9 Å².